The highest BCUT2D eigenvalue weighted by Crippen LogP contribution is 2.09. The molecule has 0 aliphatic rings. The fraction of sp³-hybridized carbons (Fsp3) is 0.200. The molecule has 2 amide bonds. The van der Waals surface area contributed by atoms with Crippen LogP contribution in [0.2, 0.25) is 0 Å². The second-order valence-corrected chi connectivity index (χ2v) is 2.99. The molecule has 0 unspecified atom stereocenters. The van der Waals surface area contributed by atoms with E-state index in [1.807, 2.05) is 6.92 Å². The van der Waals surface area contributed by atoms with Gasteiger partial charge in [-0.25, -0.2) is 4.79 Å². The molecule has 86 valence electrons. The normalized spacial score (nSPS) is 10.1. The van der Waals surface area contributed by atoms with E-state index in [0.29, 0.717) is 17.9 Å². The number of hydrazone groups is 1. The molecule has 6 nitrogen and oxygen atoms in total. The first kappa shape index (κ1) is 11.8. The van der Waals surface area contributed by atoms with Crippen molar-refractivity contribution in [2.24, 2.45) is 5.10 Å². The molecule has 0 bridgehead atoms. The van der Waals surface area contributed by atoms with Gasteiger partial charge in [0.15, 0.2) is 0 Å². The van der Waals surface area contributed by atoms with Gasteiger partial charge in [-0.3, -0.25) is 5.32 Å². The fourth-order valence-corrected chi connectivity index (χ4v) is 0.961. The number of benzene rings is 1. The van der Waals surface area contributed by atoms with E-state index in [2.05, 4.69) is 21.2 Å². The van der Waals surface area contributed by atoms with Crippen LogP contribution < -0.4 is 21.8 Å². The minimum absolute atomic E-state index is 0.355. The van der Waals surface area contributed by atoms with Crippen molar-refractivity contribution < 1.29 is 4.79 Å². The number of carbonyl (C=O) groups is 1. The van der Waals surface area contributed by atoms with E-state index in [1.54, 1.807) is 24.3 Å². The van der Waals surface area contributed by atoms with Crippen LogP contribution in [-0.2, 0) is 0 Å². The van der Waals surface area contributed by atoms with Crippen LogP contribution in [0, 0.1) is 0 Å². The molecule has 5 N–H and O–H groups in total. The molecule has 0 atom stereocenters. The van der Waals surface area contributed by atoms with Crippen molar-refractivity contribution in [1.82, 2.24) is 10.7 Å². The van der Waals surface area contributed by atoms with Crippen molar-refractivity contribution in [1.29, 1.82) is 0 Å². The zero-order valence-corrected chi connectivity index (χ0v) is 9.03. The van der Waals surface area contributed by atoms with Crippen LogP contribution in [0.4, 0.5) is 16.2 Å². The highest BCUT2D eigenvalue weighted by Gasteiger charge is 1.98. The Bertz CT molecular complexity index is 360. The number of urea groups is 1. The smallest absolute Gasteiger partial charge is 0.324 e. The molecule has 0 saturated carbocycles. The van der Waals surface area contributed by atoms with E-state index in [-0.39, 0.29) is 6.03 Å². The van der Waals surface area contributed by atoms with Gasteiger partial charge in [0.2, 0.25) is 0 Å². The number of nitrogens with two attached hydrogens (primary N) is 1. The van der Waals surface area contributed by atoms with Crippen molar-refractivity contribution in [3.05, 3.63) is 24.3 Å². The lowest BCUT2D eigenvalue weighted by Crippen LogP contribution is -2.28. The number of nitrogens with one attached hydrogen (secondary N) is 3. The van der Waals surface area contributed by atoms with Crippen molar-refractivity contribution >= 4 is 23.7 Å². The molecule has 0 saturated heterocycles. The minimum Gasteiger partial charge on any atom is -0.399 e. The molecule has 1 rings (SSSR count). The van der Waals surface area contributed by atoms with Gasteiger partial charge < -0.3 is 16.5 Å². The highest BCUT2D eigenvalue weighted by atomic mass is 16.2. The van der Waals surface area contributed by atoms with Crippen molar-refractivity contribution in [3.8, 4) is 0 Å². The van der Waals surface area contributed by atoms with Crippen LogP contribution in [0.5, 0.6) is 0 Å². The molecule has 16 heavy (non-hydrogen) atoms. The fourth-order valence-electron chi connectivity index (χ4n) is 0.961. The van der Waals surface area contributed by atoms with Crippen LogP contribution in [0.25, 0.3) is 0 Å². The predicted octanol–water partition coefficient (Wildman–Crippen LogP) is 0.943. The Labute approximate surface area is 93.9 Å². The maximum absolute atomic E-state index is 11.3. The summed E-state index contributed by atoms with van der Waals surface area (Å²) in [6.45, 7) is 2.61. The summed E-state index contributed by atoms with van der Waals surface area (Å²) in [5.41, 5.74) is 9.52. The van der Waals surface area contributed by atoms with E-state index in [1.165, 1.54) is 6.34 Å². The van der Waals surface area contributed by atoms with Gasteiger partial charge in [0.1, 0.15) is 6.34 Å². The minimum atomic E-state index is -0.355. The molecular formula is C10H15N5O. The lowest BCUT2D eigenvalue weighted by atomic mass is 10.3. The molecule has 1 aromatic rings. The second-order valence-electron chi connectivity index (χ2n) is 2.99. The number of hydrogen-bond acceptors (Lipinski definition) is 4. The molecule has 0 aliphatic carbocycles. The molecule has 0 spiro atoms. The van der Waals surface area contributed by atoms with Gasteiger partial charge in [-0.2, -0.15) is 5.10 Å². The number of anilines is 2. The van der Waals surface area contributed by atoms with Gasteiger partial charge in [-0.05, 0) is 31.2 Å². The Morgan fingerprint density at radius 3 is 2.75 bits per heavy atom. The predicted molar refractivity (Wildman–Crippen MR) is 65.2 cm³/mol. The Hall–Kier alpha value is -2.24. The summed E-state index contributed by atoms with van der Waals surface area (Å²) >= 11 is 0. The van der Waals surface area contributed by atoms with Gasteiger partial charge >= 0.3 is 6.03 Å². The average Bonchev–Trinajstić information content (AvgIpc) is 2.28. The third kappa shape index (κ3) is 4.32. The summed E-state index contributed by atoms with van der Waals surface area (Å²) in [6, 6.07) is 6.50. The largest absolute Gasteiger partial charge is 0.399 e. The van der Waals surface area contributed by atoms with E-state index < -0.39 is 0 Å². The van der Waals surface area contributed by atoms with E-state index >= 15 is 0 Å². The molecular weight excluding hydrogens is 206 g/mol. The molecule has 6 heteroatoms. The highest BCUT2D eigenvalue weighted by molar-refractivity contribution is 5.96. The van der Waals surface area contributed by atoms with Crippen LogP contribution in [0.3, 0.4) is 0 Å². The zero-order chi connectivity index (χ0) is 11.8. The summed E-state index contributed by atoms with van der Waals surface area (Å²) in [7, 11) is 0. The molecule has 0 aromatic heterocycles. The van der Waals surface area contributed by atoms with Gasteiger partial charge in [0.05, 0.1) is 0 Å². The van der Waals surface area contributed by atoms with Crippen molar-refractivity contribution in [2.75, 3.05) is 17.6 Å². The van der Waals surface area contributed by atoms with E-state index in [0.717, 1.165) is 0 Å². The lowest BCUT2D eigenvalue weighted by Gasteiger charge is -2.04. The number of amides is 2. The molecule has 0 radical (unpaired) electrons. The Morgan fingerprint density at radius 1 is 1.44 bits per heavy atom. The van der Waals surface area contributed by atoms with E-state index in [4.69, 9.17) is 5.73 Å². The topological polar surface area (TPSA) is 91.5 Å². The van der Waals surface area contributed by atoms with Crippen LogP contribution in [-0.4, -0.2) is 18.9 Å². The maximum atomic E-state index is 11.3. The van der Waals surface area contributed by atoms with Crippen LogP contribution >= 0.6 is 0 Å². The Kier molecular flexibility index (Phi) is 4.65. The summed E-state index contributed by atoms with van der Waals surface area (Å²) in [6.07, 6.45) is 1.29. The number of nitrogens with zero attached hydrogens (tertiary/aromatic N) is 1. The summed E-state index contributed by atoms with van der Waals surface area (Å²) in [5, 5.41) is 8.79. The third-order valence-electron chi connectivity index (χ3n) is 1.68. The quantitative estimate of drug-likeness (QED) is 0.264. The second kappa shape index (κ2) is 6.28. The number of rotatable bonds is 4. The van der Waals surface area contributed by atoms with Gasteiger partial charge in [-0.1, -0.05) is 0 Å². The first-order chi connectivity index (χ1) is 7.72. The standard InChI is InChI=1S/C10H15N5O/c1-2-13-14-7-12-10(16)15-9-5-3-8(11)4-6-9/h3-7,13H,2,11H2,1H3,(H2,12,14,15,16). The lowest BCUT2D eigenvalue weighted by molar-refractivity contribution is 0.256. The summed E-state index contributed by atoms with van der Waals surface area (Å²) in [4.78, 5) is 11.3. The molecule has 0 fully saturated rings. The monoisotopic (exact) mass is 221 g/mol. The summed E-state index contributed by atoms with van der Waals surface area (Å²) < 4.78 is 0. The van der Waals surface area contributed by atoms with Crippen molar-refractivity contribution in [2.45, 2.75) is 6.92 Å². The van der Waals surface area contributed by atoms with Gasteiger partial charge in [0, 0.05) is 17.9 Å². The molecule has 0 aliphatic heterocycles. The average molecular weight is 221 g/mol. The number of nitrogen functional groups attached to an aromatic ring is 1. The van der Waals surface area contributed by atoms with Crippen LogP contribution in [0.15, 0.2) is 29.4 Å². The number of hydrogen-bond donors (Lipinski definition) is 4. The van der Waals surface area contributed by atoms with Crippen LogP contribution in [0.1, 0.15) is 6.92 Å². The molecule has 1 aromatic carbocycles. The van der Waals surface area contributed by atoms with E-state index in [9.17, 15) is 4.79 Å². The van der Waals surface area contributed by atoms with Gasteiger partial charge in [-0.15, -0.1) is 0 Å². The summed E-state index contributed by atoms with van der Waals surface area (Å²) in [5.74, 6) is 0. The first-order valence-corrected chi connectivity index (χ1v) is 4.90. The maximum Gasteiger partial charge on any atom is 0.324 e. The Morgan fingerprint density at radius 2 is 2.12 bits per heavy atom. The van der Waals surface area contributed by atoms with Crippen molar-refractivity contribution in [3.63, 3.8) is 0 Å². The molecule has 0 heterocycles. The SMILES string of the molecule is CCN/N=C/NC(=O)Nc1ccc(N)cc1. The first-order valence-electron chi connectivity index (χ1n) is 4.90. The Balaban J connectivity index is 2.37. The third-order valence-corrected chi connectivity index (χ3v) is 1.68. The van der Waals surface area contributed by atoms with Gasteiger partial charge in [0.25, 0.3) is 0 Å². The number of carbonyl (C=O) groups excluding carboxylic acids is 1. The zero-order valence-electron chi connectivity index (χ0n) is 9.03.